The second kappa shape index (κ2) is 7.24. The van der Waals surface area contributed by atoms with Gasteiger partial charge in [0.25, 0.3) is 0 Å². The smallest absolute Gasteiger partial charge is 0.0306 e. The molecule has 0 radical (unpaired) electrons. The van der Waals surface area contributed by atoms with Gasteiger partial charge >= 0.3 is 0 Å². The predicted octanol–water partition coefficient (Wildman–Crippen LogP) is 2.13. The van der Waals surface area contributed by atoms with Gasteiger partial charge in [-0.2, -0.15) is 0 Å². The van der Waals surface area contributed by atoms with E-state index in [-0.39, 0.29) is 6.04 Å². The Morgan fingerprint density at radius 1 is 1.28 bits per heavy atom. The molecule has 1 aliphatic heterocycles. The molecule has 1 unspecified atom stereocenters. The zero-order valence-electron chi connectivity index (χ0n) is 10.7. The van der Waals surface area contributed by atoms with Gasteiger partial charge in [0, 0.05) is 36.7 Å². The Balaban J connectivity index is 1.74. The fraction of sp³-hybridized carbons (Fsp3) is 0.571. The third-order valence-corrected chi connectivity index (χ3v) is 4.23. The van der Waals surface area contributed by atoms with Crippen LogP contribution in [0.3, 0.4) is 0 Å². The third kappa shape index (κ3) is 4.05. The molecule has 1 aliphatic rings. The van der Waals surface area contributed by atoms with Crippen LogP contribution in [0.2, 0.25) is 0 Å². The van der Waals surface area contributed by atoms with E-state index in [9.17, 15) is 0 Å². The SMILES string of the molecule is NC(CCCN1CCNCC1)c1ccccc1Br. The summed E-state index contributed by atoms with van der Waals surface area (Å²) in [6, 6.07) is 8.39. The summed E-state index contributed by atoms with van der Waals surface area (Å²) in [7, 11) is 0. The fourth-order valence-corrected chi connectivity index (χ4v) is 2.98. The molecule has 2 rings (SSSR count). The molecule has 0 bridgehead atoms. The quantitative estimate of drug-likeness (QED) is 0.875. The molecular weight excluding hydrogens is 290 g/mol. The van der Waals surface area contributed by atoms with E-state index in [2.05, 4.69) is 44.3 Å². The van der Waals surface area contributed by atoms with Crippen LogP contribution in [0, 0.1) is 0 Å². The minimum atomic E-state index is 0.142. The number of hydrogen-bond acceptors (Lipinski definition) is 3. The number of benzene rings is 1. The molecule has 0 aromatic heterocycles. The van der Waals surface area contributed by atoms with Crippen molar-refractivity contribution in [2.24, 2.45) is 5.73 Å². The van der Waals surface area contributed by atoms with E-state index in [0.29, 0.717) is 0 Å². The van der Waals surface area contributed by atoms with E-state index >= 15 is 0 Å². The van der Waals surface area contributed by atoms with Crippen LogP contribution in [0.4, 0.5) is 0 Å². The van der Waals surface area contributed by atoms with Crippen LogP contribution in [-0.4, -0.2) is 37.6 Å². The largest absolute Gasteiger partial charge is 0.324 e. The van der Waals surface area contributed by atoms with Gasteiger partial charge in [-0.15, -0.1) is 0 Å². The van der Waals surface area contributed by atoms with Crippen LogP contribution in [0.5, 0.6) is 0 Å². The van der Waals surface area contributed by atoms with E-state index in [4.69, 9.17) is 5.73 Å². The first kappa shape index (κ1) is 14.0. The van der Waals surface area contributed by atoms with Crippen LogP contribution in [0.1, 0.15) is 24.4 Å². The molecule has 3 N–H and O–H groups in total. The van der Waals surface area contributed by atoms with Crippen molar-refractivity contribution in [3.8, 4) is 0 Å². The molecule has 0 amide bonds. The minimum absolute atomic E-state index is 0.142. The van der Waals surface area contributed by atoms with E-state index in [1.165, 1.54) is 31.6 Å². The van der Waals surface area contributed by atoms with E-state index in [1.807, 2.05) is 6.07 Å². The zero-order chi connectivity index (χ0) is 12.8. The highest BCUT2D eigenvalue weighted by atomic mass is 79.9. The number of hydrogen-bond donors (Lipinski definition) is 2. The van der Waals surface area contributed by atoms with Crippen molar-refractivity contribution in [3.05, 3.63) is 34.3 Å². The normalized spacial score (nSPS) is 18.8. The molecule has 4 heteroatoms. The van der Waals surface area contributed by atoms with Crippen LogP contribution < -0.4 is 11.1 Å². The van der Waals surface area contributed by atoms with Crippen LogP contribution in [0.25, 0.3) is 0 Å². The van der Waals surface area contributed by atoms with Crippen molar-refractivity contribution in [1.29, 1.82) is 0 Å². The summed E-state index contributed by atoms with van der Waals surface area (Å²) in [4.78, 5) is 2.52. The Morgan fingerprint density at radius 2 is 2.00 bits per heavy atom. The minimum Gasteiger partial charge on any atom is -0.324 e. The molecular formula is C14H22BrN3. The van der Waals surface area contributed by atoms with Gasteiger partial charge in [-0.1, -0.05) is 34.1 Å². The lowest BCUT2D eigenvalue weighted by molar-refractivity contribution is 0.235. The Bertz CT molecular complexity index is 364. The van der Waals surface area contributed by atoms with Crippen molar-refractivity contribution in [2.75, 3.05) is 32.7 Å². The second-order valence-corrected chi connectivity index (χ2v) is 5.72. The number of nitrogens with two attached hydrogens (primary N) is 1. The molecule has 0 saturated carbocycles. The molecule has 3 nitrogen and oxygen atoms in total. The lowest BCUT2D eigenvalue weighted by atomic mass is 10.0. The summed E-state index contributed by atoms with van der Waals surface area (Å²) in [5.74, 6) is 0. The number of rotatable bonds is 5. The van der Waals surface area contributed by atoms with Gasteiger partial charge in [0.1, 0.15) is 0 Å². The zero-order valence-corrected chi connectivity index (χ0v) is 12.3. The van der Waals surface area contributed by atoms with Crippen molar-refractivity contribution in [1.82, 2.24) is 10.2 Å². The Kier molecular flexibility index (Phi) is 5.63. The summed E-state index contributed by atoms with van der Waals surface area (Å²) in [6.07, 6.45) is 2.22. The number of nitrogens with zero attached hydrogens (tertiary/aromatic N) is 1. The van der Waals surface area contributed by atoms with Gasteiger partial charge in [-0.3, -0.25) is 0 Å². The van der Waals surface area contributed by atoms with Gasteiger partial charge in [-0.05, 0) is 31.0 Å². The molecule has 0 aliphatic carbocycles. The summed E-state index contributed by atoms with van der Waals surface area (Å²) in [5, 5.41) is 3.37. The highest BCUT2D eigenvalue weighted by molar-refractivity contribution is 9.10. The maximum absolute atomic E-state index is 6.25. The summed E-state index contributed by atoms with van der Waals surface area (Å²) in [5.41, 5.74) is 7.47. The molecule has 100 valence electrons. The Hall–Kier alpha value is -0.420. The fourth-order valence-electron chi connectivity index (χ4n) is 2.40. The molecule has 18 heavy (non-hydrogen) atoms. The first-order valence-corrected chi connectivity index (χ1v) is 7.50. The van der Waals surface area contributed by atoms with Crippen LogP contribution >= 0.6 is 15.9 Å². The molecule has 1 saturated heterocycles. The monoisotopic (exact) mass is 311 g/mol. The van der Waals surface area contributed by atoms with Gasteiger partial charge < -0.3 is 16.0 Å². The van der Waals surface area contributed by atoms with Gasteiger partial charge in [0.05, 0.1) is 0 Å². The number of piperazine rings is 1. The van der Waals surface area contributed by atoms with E-state index in [1.54, 1.807) is 0 Å². The van der Waals surface area contributed by atoms with Crippen molar-refractivity contribution in [2.45, 2.75) is 18.9 Å². The maximum Gasteiger partial charge on any atom is 0.0306 e. The van der Waals surface area contributed by atoms with E-state index in [0.717, 1.165) is 24.0 Å². The first-order valence-electron chi connectivity index (χ1n) is 6.70. The summed E-state index contributed by atoms with van der Waals surface area (Å²) < 4.78 is 1.12. The average Bonchev–Trinajstić information content (AvgIpc) is 2.40. The first-order chi connectivity index (χ1) is 8.77. The molecule has 1 aromatic rings. The maximum atomic E-state index is 6.25. The molecule has 1 atom stereocenters. The number of halogens is 1. The molecule has 1 fully saturated rings. The second-order valence-electron chi connectivity index (χ2n) is 4.86. The topological polar surface area (TPSA) is 41.3 Å². The summed E-state index contributed by atoms with van der Waals surface area (Å²) in [6.45, 7) is 5.75. The summed E-state index contributed by atoms with van der Waals surface area (Å²) >= 11 is 3.57. The number of nitrogens with one attached hydrogen (secondary N) is 1. The Morgan fingerprint density at radius 3 is 2.72 bits per heavy atom. The average molecular weight is 312 g/mol. The Labute approximate surface area is 118 Å². The lowest BCUT2D eigenvalue weighted by Gasteiger charge is -2.27. The standard InChI is InChI=1S/C14H22BrN3/c15-13-5-2-1-4-12(13)14(16)6-3-9-18-10-7-17-8-11-18/h1-2,4-5,14,17H,3,6-11,16H2. The van der Waals surface area contributed by atoms with Crippen molar-refractivity contribution in [3.63, 3.8) is 0 Å². The van der Waals surface area contributed by atoms with Crippen molar-refractivity contribution >= 4 is 15.9 Å². The van der Waals surface area contributed by atoms with Crippen LogP contribution in [0.15, 0.2) is 28.7 Å². The van der Waals surface area contributed by atoms with Crippen LogP contribution in [-0.2, 0) is 0 Å². The molecule has 1 heterocycles. The van der Waals surface area contributed by atoms with Gasteiger partial charge in [-0.25, -0.2) is 0 Å². The highest BCUT2D eigenvalue weighted by Gasteiger charge is 2.12. The van der Waals surface area contributed by atoms with E-state index < -0.39 is 0 Å². The lowest BCUT2D eigenvalue weighted by Crippen LogP contribution is -2.43. The predicted molar refractivity (Wildman–Crippen MR) is 79.6 cm³/mol. The molecule has 1 aromatic carbocycles. The molecule has 0 spiro atoms. The van der Waals surface area contributed by atoms with Gasteiger partial charge in [0.15, 0.2) is 0 Å². The van der Waals surface area contributed by atoms with Crippen molar-refractivity contribution < 1.29 is 0 Å². The third-order valence-electron chi connectivity index (χ3n) is 3.50. The van der Waals surface area contributed by atoms with Gasteiger partial charge in [0.2, 0.25) is 0 Å². The highest BCUT2D eigenvalue weighted by Crippen LogP contribution is 2.24.